The lowest BCUT2D eigenvalue weighted by atomic mass is 9.79. The third-order valence-corrected chi connectivity index (χ3v) is 23.4. The Morgan fingerprint density at radius 3 is 0.792 bits per heavy atom. The van der Waals surface area contributed by atoms with E-state index in [0.717, 1.165) is 0 Å². The van der Waals surface area contributed by atoms with E-state index in [1.54, 1.807) is 0 Å². The molecule has 106 heavy (non-hydrogen) atoms. The van der Waals surface area contributed by atoms with Crippen molar-refractivity contribution in [2.45, 2.75) is 38.5 Å². The summed E-state index contributed by atoms with van der Waals surface area (Å²) in [7, 11) is 0. The van der Waals surface area contributed by atoms with Crippen LogP contribution < -0.4 is 0 Å². The Morgan fingerprint density at radius 2 is 0.415 bits per heavy atom. The van der Waals surface area contributed by atoms with Crippen molar-refractivity contribution in [1.82, 2.24) is 0 Å². The molecule has 0 spiro atoms. The highest BCUT2D eigenvalue weighted by Gasteiger charge is 2.40. The summed E-state index contributed by atoms with van der Waals surface area (Å²) >= 11 is 0. The molecule has 0 aliphatic heterocycles. The van der Waals surface area contributed by atoms with E-state index < -0.39 is 0 Å². The van der Waals surface area contributed by atoms with E-state index in [1.807, 2.05) is 0 Å². The predicted molar refractivity (Wildman–Crippen MR) is 454 cm³/mol. The lowest BCUT2D eigenvalue weighted by molar-refractivity contribution is 0.661. The summed E-state index contributed by atoms with van der Waals surface area (Å²) < 4.78 is 0. The van der Waals surface area contributed by atoms with Crippen molar-refractivity contribution in [2.24, 2.45) is 0 Å². The first kappa shape index (κ1) is 62.8. The fourth-order valence-electron chi connectivity index (χ4n) is 18.5. The van der Waals surface area contributed by atoms with Crippen LogP contribution in [0.2, 0.25) is 0 Å². The van der Waals surface area contributed by atoms with E-state index in [-0.39, 0.29) is 10.8 Å². The van der Waals surface area contributed by atoms with Crippen LogP contribution >= 0.6 is 0 Å². The van der Waals surface area contributed by atoms with Gasteiger partial charge in [0.05, 0.1) is 0 Å². The Bertz CT molecular complexity index is 6540. The Labute approximate surface area is 619 Å². The monoisotopic (exact) mass is 1350 g/mol. The summed E-state index contributed by atoms with van der Waals surface area (Å²) in [5.74, 6) is 0. The SMILES string of the molecule is CC1(C)c2ccc(-c3c4ccccc4c(-c4cc(-c5ccccc5)cc(-c5ccccc5)c4)c4ccccc34)cc2-c2c1c1ccccc1c1ccccc21.CC1(C)c2ccc(-c3c4ccccc4c(-c4cc(-c5ccccc5)cc(-c5ccccc5)c4)c4ccccc34)cc2-c2cc3ccccc3cc21. The number of benzene rings is 19. The molecule has 0 bridgehead atoms. The smallest absolute Gasteiger partial charge is 0.0165 e. The molecule has 498 valence electrons. The molecule has 0 nitrogen and oxygen atoms in total. The zero-order valence-corrected chi connectivity index (χ0v) is 59.8. The Morgan fingerprint density at radius 1 is 0.151 bits per heavy atom. The minimum absolute atomic E-state index is 0.0680. The Balaban J connectivity index is 0.000000141. The van der Waals surface area contributed by atoms with Crippen LogP contribution in [0.1, 0.15) is 49.9 Å². The zero-order valence-electron chi connectivity index (χ0n) is 59.8. The molecular formula is C106H74. The lowest BCUT2D eigenvalue weighted by Gasteiger charge is -2.24. The summed E-state index contributed by atoms with van der Waals surface area (Å²) in [4.78, 5) is 0. The molecule has 0 N–H and O–H groups in total. The van der Waals surface area contributed by atoms with Gasteiger partial charge in [0.15, 0.2) is 0 Å². The minimum Gasteiger partial charge on any atom is -0.0622 e. The third-order valence-electron chi connectivity index (χ3n) is 23.4. The van der Waals surface area contributed by atoms with E-state index in [9.17, 15) is 0 Å². The van der Waals surface area contributed by atoms with Gasteiger partial charge >= 0.3 is 0 Å². The van der Waals surface area contributed by atoms with Crippen LogP contribution in [0.25, 0.3) is 187 Å². The number of hydrogen-bond donors (Lipinski definition) is 0. The van der Waals surface area contributed by atoms with Crippen molar-refractivity contribution in [3.63, 3.8) is 0 Å². The van der Waals surface area contributed by atoms with Crippen molar-refractivity contribution in [1.29, 1.82) is 0 Å². The minimum atomic E-state index is -0.138. The molecule has 19 aromatic rings. The first-order chi connectivity index (χ1) is 52.1. The van der Waals surface area contributed by atoms with Crippen molar-refractivity contribution < 1.29 is 0 Å². The van der Waals surface area contributed by atoms with Crippen LogP contribution in [0.4, 0.5) is 0 Å². The summed E-state index contributed by atoms with van der Waals surface area (Å²) in [5, 5.41) is 18.1. The van der Waals surface area contributed by atoms with Crippen molar-refractivity contribution in [3.05, 3.63) is 398 Å². The number of rotatable bonds is 8. The van der Waals surface area contributed by atoms with Crippen molar-refractivity contribution in [2.75, 3.05) is 0 Å². The average molecular weight is 1350 g/mol. The molecule has 0 saturated heterocycles. The van der Waals surface area contributed by atoms with Gasteiger partial charge in [0, 0.05) is 10.8 Å². The van der Waals surface area contributed by atoms with E-state index >= 15 is 0 Å². The van der Waals surface area contributed by atoms with Gasteiger partial charge < -0.3 is 0 Å². The van der Waals surface area contributed by atoms with Crippen LogP contribution in [0, 0.1) is 0 Å². The molecule has 2 aliphatic carbocycles. The molecule has 0 unspecified atom stereocenters. The van der Waals surface area contributed by atoms with Crippen LogP contribution in [-0.4, -0.2) is 0 Å². The van der Waals surface area contributed by atoms with E-state index in [0.29, 0.717) is 0 Å². The van der Waals surface area contributed by atoms with Crippen LogP contribution in [0.5, 0.6) is 0 Å². The van der Waals surface area contributed by atoms with Gasteiger partial charge in [-0.25, -0.2) is 0 Å². The summed E-state index contributed by atoms with van der Waals surface area (Å²) in [6.45, 7) is 9.56. The third kappa shape index (κ3) is 10.1. The molecule has 2 aliphatic rings. The average Bonchev–Trinajstić information content (AvgIpc) is 1.48. The van der Waals surface area contributed by atoms with Gasteiger partial charge in [-0.3, -0.25) is 0 Å². The number of hydrogen-bond acceptors (Lipinski definition) is 0. The summed E-state index contributed by atoms with van der Waals surface area (Å²) in [6.07, 6.45) is 0. The second-order valence-electron chi connectivity index (χ2n) is 30.1. The second-order valence-corrected chi connectivity index (χ2v) is 30.1. The van der Waals surface area contributed by atoms with Crippen molar-refractivity contribution >= 4 is 75.4 Å². The van der Waals surface area contributed by atoms with Gasteiger partial charge in [0.2, 0.25) is 0 Å². The first-order valence-corrected chi connectivity index (χ1v) is 37.3. The predicted octanol–water partition coefficient (Wildman–Crippen LogP) is 29.4. The van der Waals surface area contributed by atoms with E-state index in [1.165, 1.54) is 209 Å². The molecular weight excluding hydrogens is 1270 g/mol. The lowest BCUT2D eigenvalue weighted by Crippen LogP contribution is -2.15. The largest absolute Gasteiger partial charge is 0.0622 e. The van der Waals surface area contributed by atoms with E-state index in [2.05, 4.69) is 404 Å². The molecule has 0 fully saturated rings. The van der Waals surface area contributed by atoms with Gasteiger partial charge in [0.25, 0.3) is 0 Å². The van der Waals surface area contributed by atoms with Gasteiger partial charge in [-0.05, 0) is 270 Å². The summed E-state index contributed by atoms with van der Waals surface area (Å²) in [5.41, 5.74) is 30.7. The van der Waals surface area contributed by atoms with Gasteiger partial charge in [-0.2, -0.15) is 0 Å². The Hall–Kier alpha value is -13.0. The molecule has 19 aromatic carbocycles. The normalized spacial score (nSPS) is 13.1. The maximum absolute atomic E-state index is 2.50. The van der Waals surface area contributed by atoms with Crippen molar-refractivity contribution in [3.8, 4) is 111 Å². The molecule has 0 heteroatoms. The fourth-order valence-corrected chi connectivity index (χ4v) is 18.5. The molecule has 0 saturated carbocycles. The van der Waals surface area contributed by atoms with Crippen LogP contribution in [0.3, 0.4) is 0 Å². The van der Waals surface area contributed by atoms with Gasteiger partial charge in [-0.1, -0.05) is 343 Å². The highest BCUT2D eigenvalue weighted by molar-refractivity contribution is 6.25. The first-order valence-electron chi connectivity index (χ1n) is 37.3. The summed E-state index contributed by atoms with van der Waals surface area (Å²) in [6, 6.07) is 140. The fraction of sp³-hybridized carbons (Fsp3) is 0.0566. The maximum Gasteiger partial charge on any atom is 0.0165 e. The molecule has 0 atom stereocenters. The quantitative estimate of drug-likeness (QED) is 0.105. The molecule has 0 radical (unpaired) electrons. The van der Waals surface area contributed by atoms with Crippen LogP contribution in [0.15, 0.2) is 376 Å². The van der Waals surface area contributed by atoms with Gasteiger partial charge in [-0.15, -0.1) is 0 Å². The topological polar surface area (TPSA) is 0 Å². The maximum atomic E-state index is 2.50. The standard InChI is InChI=1S/C55H38.C51H36/c1-55(2)50-30-29-37(34-49(50)53-43-23-11-9-21-41(43)42-22-10-16-28-48(42)54(53)55)51-44-24-12-14-26-46(44)52(47-27-15-13-25-45(47)51)40-32-38(35-17-5-3-6-18-35)31-39(33-40)36-19-7-4-8-20-36;1-51(2)47-26-25-37(31-45(47)46-30-35-19-9-10-20-36(35)32-48(46)51)49-41-21-11-13-23-43(41)50(44-24-14-12-22-42(44)49)40-28-38(33-15-5-3-6-16-33)27-39(29-40)34-17-7-4-8-18-34/h3-34H,1-2H3;3-32H,1-2H3. The van der Waals surface area contributed by atoms with Gasteiger partial charge in [0.1, 0.15) is 0 Å². The molecule has 0 amide bonds. The highest BCUT2D eigenvalue weighted by Crippen LogP contribution is 2.58. The molecule has 21 rings (SSSR count). The second kappa shape index (κ2) is 24.9. The zero-order chi connectivity index (χ0) is 70.8. The highest BCUT2D eigenvalue weighted by atomic mass is 14.4. The van der Waals surface area contributed by atoms with E-state index in [4.69, 9.17) is 0 Å². The van der Waals surface area contributed by atoms with Crippen LogP contribution in [-0.2, 0) is 10.8 Å². The molecule has 0 heterocycles. The number of fused-ring (bicyclic) bond motifs is 16. The Kier molecular flexibility index (Phi) is 14.7. The molecule has 0 aromatic heterocycles.